The highest BCUT2D eigenvalue weighted by Gasteiger charge is 2.43. The molecule has 0 saturated heterocycles. The van der Waals surface area contributed by atoms with Crippen LogP contribution in [0.2, 0.25) is 0 Å². The van der Waals surface area contributed by atoms with Crippen LogP contribution in [0.25, 0.3) is 0 Å². The molecule has 0 radical (unpaired) electrons. The van der Waals surface area contributed by atoms with Crippen molar-refractivity contribution in [1.82, 2.24) is 0 Å². The van der Waals surface area contributed by atoms with Crippen LogP contribution in [0.15, 0.2) is 0 Å². The van der Waals surface area contributed by atoms with Gasteiger partial charge in [-0.15, -0.1) is 0 Å². The molecule has 14 heavy (non-hydrogen) atoms. The molecule has 0 aromatic carbocycles. The van der Waals surface area contributed by atoms with E-state index >= 15 is 0 Å². The maximum absolute atomic E-state index is 2.50. The summed E-state index contributed by atoms with van der Waals surface area (Å²) in [5, 5.41) is 0. The van der Waals surface area contributed by atoms with E-state index < -0.39 is 0 Å². The van der Waals surface area contributed by atoms with Crippen molar-refractivity contribution < 1.29 is 0 Å². The lowest BCUT2D eigenvalue weighted by molar-refractivity contribution is 0.159. The summed E-state index contributed by atoms with van der Waals surface area (Å²) < 4.78 is 0. The molecular weight excluding hydrogens is 168 g/mol. The Morgan fingerprint density at radius 3 is 2.50 bits per heavy atom. The van der Waals surface area contributed by atoms with E-state index in [9.17, 15) is 0 Å². The monoisotopic (exact) mass is 194 g/mol. The summed E-state index contributed by atoms with van der Waals surface area (Å²) in [6.07, 6.45) is 9.01. The Hall–Kier alpha value is 0. The molecule has 0 spiro atoms. The molecule has 0 heterocycles. The summed E-state index contributed by atoms with van der Waals surface area (Å²) in [7, 11) is 0. The van der Waals surface area contributed by atoms with Crippen molar-refractivity contribution in [3.63, 3.8) is 0 Å². The third-order valence-electron chi connectivity index (χ3n) is 4.99. The van der Waals surface area contributed by atoms with Crippen molar-refractivity contribution in [2.24, 2.45) is 29.6 Å². The number of rotatable bonds is 3. The van der Waals surface area contributed by atoms with Gasteiger partial charge in [-0.25, -0.2) is 0 Å². The predicted octanol–water partition coefficient (Wildman–Crippen LogP) is 4.49. The van der Waals surface area contributed by atoms with Crippen molar-refractivity contribution in [2.75, 3.05) is 0 Å². The largest absolute Gasteiger partial charge is 0.0654 e. The van der Waals surface area contributed by atoms with E-state index in [0.717, 1.165) is 29.6 Å². The molecule has 2 saturated carbocycles. The SMILES string of the molecule is CCCCC1CC(C)C2CC(C)C1C2. The summed E-state index contributed by atoms with van der Waals surface area (Å²) in [4.78, 5) is 0. The molecule has 2 rings (SSSR count). The van der Waals surface area contributed by atoms with Gasteiger partial charge in [-0.2, -0.15) is 0 Å². The highest BCUT2D eigenvalue weighted by Crippen LogP contribution is 2.52. The lowest BCUT2D eigenvalue weighted by Crippen LogP contribution is -2.25. The minimum Gasteiger partial charge on any atom is -0.0654 e. The molecule has 5 unspecified atom stereocenters. The molecule has 0 aromatic rings. The second-order valence-electron chi connectivity index (χ2n) is 5.99. The standard InChI is InChI=1S/C14H26/c1-4-5-6-12-7-10(2)13-8-11(3)14(12)9-13/h10-14H,4-9H2,1-3H3. The van der Waals surface area contributed by atoms with Crippen LogP contribution < -0.4 is 0 Å². The first-order chi connectivity index (χ1) is 6.72. The fourth-order valence-electron chi connectivity index (χ4n) is 4.10. The second-order valence-corrected chi connectivity index (χ2v) is 5.99. The Kier molecular flexibility index (Phi) is 3.19. The third-order valence-corrected chi connectivity index (χ3v) is 4.99. The molecule has 0 aliphatic heterocycles. The average molecular weight is 194 g/mol. The normalized spacial score (nSPS) is 46.9. The van der Waals surface area contributed by atoms with Gasteiger partial charge in [0.1, 0.15) is 0 Å². The predicted molar refractivity (Wildman–Crippen MR) is 62.2 cm³/mol. The van der Waals surface area contributed by atoms with Gasteiger partial charge in [-0.05, 0) is 48.9 Å². The zero-order valence-corrected chi connectivity index (χ0v) is 10.1. The molecule has 2 aliphatic carbocycles. The van der Waals surface area contributed by atoms with Gasteiger partial charge in [-0.1, -0.05) is 40.0 Å². The average Bonchev–Trinajstić information content (AvgIpc) is 2.50. The molecule has 0 heteroatoms. The van der Waals surface area contributed by atoms with Crippen LogP contribution in [0, 0.1) is 29.6 Å². The van der Waals surface area contributed by atoms with E-state index in [2.05, 4.69) is 20.8 Å². The van der Waals surface area contributed by atoms with Gasteiger partial charge in [0.05, 0.1) is 0 Å². The minimum atomic E-state index is 1.03. The molecule has 2 bridgehead atoms. The Balaban J connectivity index is 1.96. The molecule has 0 nitrogen and oxygen atoms in total. The molecule has 0 aromatic heterocycles. The zero-order valence-electron chi connectivity index (χ0n) is 10.1. The lowest BCUT2D eigenvalue weighted by atomic mass is 9.71. The first kappa shape index (κ1) is 10.5. The van der Waals surface area contributed by atoms with Gasteiger partial charge in [-0.3, -0.25) is 0 Å². The molecule has 0 N–H and O–H groups in total. The van der Waals surface area contributed by atoms with Crippen LogP contribution >= 0.6 is 0 Å². The maximum Gasteiger partial charge on any atom is -0.0357 e. The summed E-state index contributed by atoms with van der Waals surface area (Å²) in [6.45, 7) is 7.33. The molecule has 82 valence electrons. The Morgan fingerprint density at radius 1 is 1.00 bits per heavy atom. The fraction of sp³-hybridized carbons (Fsp3) is 1.00. The molecule has 2 fully saturated rings. The third kappa shape index (κ3) is 1.85. The van der Waals surface area contributed by atoms with Crippen LogP contribution in [0.5, 0.6) is 0 Å². The van der Waals surface area contributed by atoms with E-state index in [1.54, 1.807) is 12.8 Å². The number of hydrogen-bond donors (Lipinski definition) is 0. The summed E-state index contributed by atoms with van der Waals surface area (Å²) in [6, 6.07) is 0. The summed E-state index contributed by atoms with van der Waals surface area (Å²) in [5.74, 6) is 5.33. The molecule has 5 atom stereocenters. The Morgan fingerprint density at radius 2 is 1.79 bits per heavy atom. The highest BCUT2D eigenvalue weighted by atomic mass is 14.5. The number of unbranched alkanes of at least 4 members (excludes halogenated alkanes) is 1. The van der Waals surface area contributed by atoms with Crippen LogP contribution in [0.1, 0.15) is 59.3 Å². The van der Waals surface area contributed by atoms with Crippen LogP contribution in [-0.4, -0.2) is 0 Å². The molecular formula is C14H26. The highest BCUT2D eigenvalue weighted by molar-refractivity contribution is 4.93. The van der Waals surface area contributed by atoms with Crippen molar-refractivity contribution in [1.29, 1.82) is 0 Å². The van der Waals surface area contributed by atoms with Crippen LogP contribution in [-0.2, 0) is 0 Å². The zero-order chi connectivity index (χ0) is 10.1. The van der Waals surface area contributed by atoms with Crippen molar-refractivity contribution in [3.8, 4) is 0 Å². The van der Waals surface area contributed by atoms with Crippen molar-refractivity contribution >= 4 is 0 Å². The van der Waals surface area contributed by atoms with Gasteiger partial charge in [0, 0.05) is 0 Å². The molecule has 2 aliphatic rings. The second kappa shape index (κ2) is 4.24. The van der Waals surface area contributed by atoms with Crippen molar-refractivity contribution in [2.45, 2.75) is 59.3 Å². The van der Waals surface area contributed by atoms with E-state index in [1.165, 1.54) is 25.7 Å². The number of fused-ring (bicyclic) bond motifs is 2. The Labute approximate surface area is 89.5 Å². The summed E-state index contributed by atoms with van der Waals surface area (Å²) >= 11 is 0. The quantitative estimate of drug-likeness (QED) is 0.621. The van der Waals surface area contributed by atoms with E-state index in [1.807, 2.05) is 0 Å². The van der Waals surface area contributed by atoms with Gasteiger partial charge in [0.15, 0.2) is 0 Å². The van der Waals surface area contributed by atoms with E-state index in [4.69, 9.17) is 0 Å². The van der Waals surface area contributed by atoms with Crippen LogP contribution in [0.3, 0.4) is 0 Å². The van der Waals surface area contributed by atoms with Crippen LogP contribution in [0.4, 0.5) is 0 Å². The first-order valence-corrected chi connectivity index (χ1v) is 6.72. The van der Waals surface area contributed by atoms with Gasteiger partial charge >= 0.3 is 0 Å². The smallest absolute Gasteiger partial charge is 0.0357 e. The fourth-order valence-corrected chi connectivity index (χ4v) is 4.10. The Bertz CT molecular complexity index is 184. The summed E-state index contributed by atoms with van der Waals surface area (Å²) in [5.41, 5.74) is 0. The molecule has 0 amide bonds. The van der Waals surface area contributed by atoms with E-state index in [-0.39, 0.29) is 0 Å². The van der Waals surface area contributed by atoms with E-state index in [0.29, 0.717) is 0 Å². The maximum atomic E-state index is 2.50. The van der Waals surface area contributed by atoms with Gasteiger partial charge in [0.2, 0.25) is 0 Å². The van der Waals surface area contributed by atoms with Gasteiger partial charge < -0.3 is 0 Å². The van der Waals surface area contributed by atoms with Gasteiger partial charge in [0.25, 0.3) is 0 Å². The topological polar surface area (TPSA) is 0 Å². The van der Waals surface area contributed by atoms with Crippen molar-refractivity contribution in [3.05, 3.63) is 0 Å². The number of hydrogen-bond acceptors (Lipinski definition) is 0. The minimum absolute atomic E-state index is 1.03. The first-order valence-electron chi connectivity index (χ1n) is 6.72. The lowest BCUT2D eigenvalue weighted by Gasteiger charge is -2.34.